The summed E-state index contributed by atoms with van der Waals surface area (Å²) < 4.78 is 0. The van der Waals surface area contributed by atoms with Crippen LogP contribution in [0.5, 0.6) is 0 Å². The van der Waals surface area contributed by atoms with Crippen LogP contribution in [-0.2, 0) is 4.79 Å². The highest BCUT2D eigenvalue weighted by Crippen LogP contribution is 1.89. The second kappa shape index (κ2) is 6.12. The van der Waals surface area contributed by atoms with Crippen molar-refractivity contribution in [3.8, 4) is 0 Å². The Labute approximate surface area is 66.8 Å². The van der Waals surface area contributed by atoms with Crippen molar-refractivity contribution >= 4 is 5.91 Å². The van der Waals surface area contributed by atoms with Crippen LogP contribution in [0, 0.1) is 0 Å². The predicted octanol–water partition coefficient (Wildman–Crippen LogP) is -0.778. The van der Waals surface area contributed by atoms with Gasteiger partial charge in [-0.05, 0) is 19.4 Å². The van der Waals surface area contributed by atoms with Crippen LogP contribution in [0.25, 0.3) is 0 Å². The average molecular weight is 160 g/mol. The van der Waals surface area contributed by atoms with Crippen LogP contribution < -0.4 is 11.1 Å². The van der Waals surface area contributed by atoms with Gasteiger partial charge in [0, 0.05) is 6.61 Å². The molecule has 0 rings (SSSR count). The molecule has 0 spiro atoms. The SMILES string of the molecule is CCCNC(CCO)C(N)=O. The largest absolute Gasteiger partial charge is 0.396 e. The van der Waals surface area contributed by atoms with Gasteiger partial charge in [0.05, 0.1) is 6.04 Å². The highest BCUT2D eigenvalue weighted by Gasteiger charge is 2.11. The summed E-state index contributed by atoms with van der Waals surface area (Å²) in [5.41, 5.74) is 5.05. The molecule has 0 aromatic carbocycles. The molecule has 0 aliphatic rings. The minimum absolute atomic E-state index is 0.00960. The summed E-state index contributed by atoms with van der Waals surface area (Å²) in [4.78, 5) is 10.6. The van der Waals surface area contributed by atoms with Crippen LogP contribution in [0.1, 0.15) is 19.8 Å². The monoisotopic (exact) mass is 160 g/mol. The molecule has 0 radical (unpaired) electrons. The van der Waals surface area contributed by atoms with Crippen molar-refractivity contribution in [2.75, 3.05) is 13.2 Å². The molecular formula is C7H16N2O2. The first-order valence-electron chi connectivity index (χ1n) is 3.86. The van der Waals surface area contributed by atoms with Crippen molar-refractivity contribution in [3.63, 3.8) is 0 Å². The molecule has 4 nitrogen and oxygen atoms in total. The summed E-state index contributed by atoms with van der Waals surface area (Å²) in [5.74, 6) is -0.396. The van der Waals surface area contributed by atoms with E-state index in [0.29, 0.717) is 6.42 Å². The molecule has 0 bridgehead atoms. The Kier molecular flexibility index (Phi) is 5.78. The quantitative estimate of drug-likeness (QED) is 0.477. The van der Waals surface area contributed by atoms with Crippen molar-refractivity contribution in [2.45, 2.75) is 25.8 Å². The first-order chi connectivity index (χ1) is 5.22. The number of nitrogens with one attached hydrogen (secondary N) is 1. The number of hydrogen-bond acceptors (Lipinski definition) is 3. The lowest BCUT2D eigenvalue weighted by Crippen LogP contribution is -2.42. The molecule has 4 heteroatoms. The number of hydrogen-bond donors (Lipinski definition) is 3. The molecule has 0 saturated carbocycles. The molecule has 1 unspecified atom stereocenters. The van der Waals surface area contributed by atoms with E-state index in [1.54, 1.807) is 0 Å². The Morgan fingerprint density at radius 1 is 1.73 bits per heavy atom. The summed E-state index contributed by atoms with van der Waals surface area (Å²) >= 11 is 0. The maximum absolute atomic E-state index is 10.6. The second-order valence-corrected chi connectivity index (χ2v) is 2.42. The number of carbonyl (C=O) groups excluding carboxylic acids is 1. The van der Waals surface area contributed by atoms with Gasteiger partial charge in [0.15, 0.2) is 0 Å². The Balaban J connectivity index is 3.60. The minimum Gasteiger partial charge on any atom is -0.396 e. The highest BCUT2D eigenvalue weighted by atomic mass is 16.3. The number of amides is 1. The first kappa shape index (κ1) is 10.4. The number of aliphatic hydroxyl groups is 1. The van der Waals surface area contributed by atoms with Crippen LogP contribution in [-0.4, -0.2) is 30.2 Å². The van der Waals surface area contributed by atoms with Gasteiger partial charge < -0.3 is 16.2 Å². The maximum Gasteiger partial charge on any atom is 0.234 e. The Morgan fingerprint density at radius 3 is 2.73 bits per heavy atom. The molecule has 1 amide bonds. The summed E-state index contributed by atoms with van der Waals surface area (Å²) in [6.07, 6.45) is 1.35. The van der Waals surface area contributed by atoms with Crippen LogP contribution >= 0.6 is 0 Å². The molecule has 0 aromatic rings. The van der Waals surface area contributed by atoms with Gasteiger partial charge in [-0.1, -0.05) is 6.92 Å². The molecule has 66 valence electrons. The molecular weight excluding hydrogens is 144 g/mol. The van der Waals surface area contributed by atoms with Crippen molar-refractivity contribution in [3.05, 3.63) is 0 Å². The number of rotatable bonds is 6. The lowest BCUT2D eigenvalue weighted by atomic mass is 10.2. The van der Waals surface area contributed by atoms with E-state index in [-0.39, 0.29) is 12.6 Å². The molecule has 0 saturated heterocycles. The average Bonchev–Trinajstić information content (AvgIpc) is 1.97. The molecule has 0 heterocycles. The Hall–Kier alpha value is -0.610. The van der Waals surface area contributed by atoms with E-state index in [1.807, 2.05) is 6.92 Å². The van der Waals surface area contributed by atoms with Gasteiger partial charge in [-0.25, -0.2) is 0 Å². The van der Waals surface area contributed by atoms with Crippen molar-refractivity contribution in [2.24, 2.45) is 5.73 Å². The lowest BCUT2D eigenvalue weighted by Gasteiger charge is -2.12. The standard InChI is InChI=1S/C7H16N2O2/c1-2-4-9-6(3-5-10)7(8)11/h6,9-10H,2-5H2,1H3,(H2,8,11). The summed E-state index contributed by atoms with van der Waals surface area (Å²) in [7, 11) is 0. The second-order valence-electron chi connectivity index (χ2n) is 2.42. The number of nitrogens with two attached hydrogens (primary N) is 1. The first-order valence-corrected chi connectivity index (χ1v) is 3.86. The topological polar surface area (TPSA) is 75.3 Å². The van der Waals surface area contributed by atoms with E-state index in [2.05, 4.69) is 5.32 Å². The number of carbonyl (C=O) groups is 1. The van der Waals surface area contributed by atoms with Gasteiger partial charge in [-0.15, -0.1) is 0 Å². The van der Waals surface area contributed by atoms with E-state index >= 15 is 0 Å². The molecule has 0 aliphatic heterocycles. The Morgan fingerprint density at radius 2 is 2.36 bits per heavy atom. The van der Waals surface area contributed by atoms with E-state index in [4.69, 9.17) is 10.8 Å². The van der Waals surface area contributed by atoms with Crippen LogP contribution in [0.3, 0.4) is 0 Å². The molecule has 0 aromatic heterocycles. The van der Waals surface area contributed by atoms with Gasteiger partial charge in [0.25, 0.3) is 0 Å². The fraction of sp³-hybridized carbons (Fsp3) is 0.857. The zero-order valence-electron chi connectivity index (χ0n) is 6.84. The molecule has 4 N–H and O–H groups in total. The van der Waals surface area contributed by atoms with Crippen LogP contribution in [0.15, 0.2) is 0 Å². The minimum atomic E-state index is -0.396. The summed E-state index contributed by atoms with van der Waals surface area (Å²) in [6, 6.07) is -0.375. The molecule has 11 heavy (non-hydrogen) atoms. The van der Waals surface area contributed by atoms with E-state index in [0.717, 1.165) is 13.0 Å². The van der Waals surface area contributed by atoms with Gasteiger partial charge in [0.2, 0.25) is 5.91 Å². The normalized spacial score (nSPS) is 12.9. The fourth-order valence-electron chi connectivity index (χ4n) is 0.793. The van der Waals surface area contributed by atoms with Gasteiger partial charge >= 0.3 is 0 Å². The zero-order chi connectivity index (χ0) is 8.69. The third-order valence-electron chi connectivity index (χ3n) is 1.40. The lowest BCUT2D eigenvalue weighted by molar-refractivity contribution is -0.120. The third-order valence-corrected chi connectivity index (χ3v) is 1.40. The van der Waals surface area contributed by atoms with E-state index in [9.17, 15) is 4.79 Å². The molecule has 0 aliphatic carbocycles. The third kappa shape index (κ3) is 4.75. The number of primary amides is 1. The predicted molar refractivity (Wildman–Crippen MR) is 43.0 cm³/mol. The van der Waals surface area contributed by atoms with Gasteiger partial charge in [0.1, 0.15) is 0 Å². The molecule has 1 atom stereocenters. The fourth-order valence-corrected chi connectivity index (χ4v) is 0.793. The van der Waals surface area contributed by atoms with Crippen LogP contribution in [0.2, 0.25) is 0 Å². The smallest absolute Gasteiger partial charge is 0.234 e. The zero-order valence-corrected chi connectivity index (χ0v) is 6.84. The molecule has 0 fully saturated rings. The summed E-state index contributed by atoms with van der Waals surface area (Å²) in [5, 5.41) is 11.5. The summed E-state index contributed by atoms with van der Waals surface area (Å²) in [6.45, 7) is 2.75. The van der Waals surface area contributed by atoms with E-state index in [1.165, 1.54) is 0 Å². The van der Waals surface area contributed by atoms with Crippen molar-refractivity contribution in [1.29, 1.82) is 0 Å². The van der Waals surface area contributed by atoms with Gasteiger partial charge in [-0.2, -0.15) is 0 Å². The highest BCUT2D eigenvalue weighted by molar-refractivity contribution is 5.79. The van der Waals surface area contributed by atoms with Gasteiger partial charge in [-0.3, -0.25) is 4.79 Å². The van der Waals surface area contributed by atoms with E-state index < -0.39 is 5.91 Å². The van der Waals surface area contributed by atoms with Crippen LogP contribution in [0.4, 0.5) is 0 Å². The van der Waals surface area contributed by atoms with Crippen molar-refractivity contribution < 1.29 is 9.90 Å². The Bertz CT molecular complexity index is 117. The maximum atomic E-state index is 10.6. The number of aliphatic hydroxyl groups excluding tert-OH is 1. The van der Waals surface area contributed by atoms with Crippen molar-refractivity contribution in [1.82, 2.24) is 5.32 Å².